The first-order chi connectivity index (χ1) is 62.8. The highest BCUT2D eigenvalue weighted by molar-refractivity contribution is 6.00. The Morgan fingerprint density at radius 1 is 0.288 bits per heavy atom. The zero-order chi connectivity index (χ0) is 95.4. The summed E-state index contributed by atoms with van der Waals surface area (Å²) in [6, 6.07) is 4.70. The monoisotopic (exact) mass is 1800 g/mol. The average molecular weight is 1800 g/mol. The van der Waals surface area contributed by atoms with Crippen LogP contribution in [0.4, 0.5) is 104 Å². The van der Waals surface area contributed by atoms with Gasteiger partial charge >= 0.3 is 0 Å². The summed E-state index contributed by atoms with van der Waals surface area (Å²) >= 11 is 0. The van der Waals surface area contributed by atoms with Crippen LogP contribution in [0.3, 0.4) is 0 Å². The highest BCUT2D eigenvalue weighted by atomic mass is 16.2. The quantitative estimate of drug-likeness (QED) is 0.0352. The lowest BCUT2D eigenvalue weighted by atomic mass is 10.3. The van der Waals surface area contributed by atoms with Crippen molar-refractivity contribution < 1.29 is 28.8 Å². The molecule has 678 valence electrons. The van der Waals surface area contributed by atoms with Gasteiger partial charge in [0.2, 0.25) is 0 Å². The van der Waals surface area contributed by atoms with Gasteiger partial charge in [-0.3, -0.25) is 28.8 Å². The summed E-state index contributed by atoms with van der Waals surface area (Å²) in [6.07, 6.45) is 12.1. The van der Waals surface area contributed by atoms with Gasteiger partial charge in [-0.1, -0.05) is 0 Å². The number of aromatic nitrogens is 30. The van der Waals surface area contributed by atoms with Crippen molar-refractivity contribution in [1.82, 2.24) is 168 Å². The van der Waals surface area contributed by atoms with Crippen molar-refractivity contribution in [2.45, 2.75) is 41.5 Å². The van der Waals surface area contributed by atoms with Gasteiger partial charge in [-0.2, -0.15) is 89.3 Å². The van der Waals surface area contributed by atoms with Crippen LogP contribution < -0.4 is 56.5 Å². The van der Waals surface area contributed by atoms with Crippen LogP contribution in [-0.2, 0) is 42.3 Å². The predicted octanol–water partition coefficient (Wildman–Crippen LogP) is 5.10. The second-order valence-corrected chi connectivity index (χ2v) is 28.6. The van der Waals surface area contributed by atoms with Crippen molar-refractivity contribution in [3.8, 4) is 34.9 Å². The van der Waals surface area contributed by atoms with Gasteiger partial charge in [-0.15, -0.1) is 61.4 Å². The van der Waals surface area contributed by atoms with E-state index in [1.807, 2.05) is 0 Å². The molecule has 15 aromatic rings. The van der Waals surface area contributed by atoms with E-state index in [1.54, 1.807) is 130 Å². The molecule has 0 saturated heterocycles. The zero-order valence-corrected chi connectivity index (χ0v) is 73.7. The fraction of sp³-hybridized carbons (Fsp3) is 0.250. The maximum Gasteiger partial charge on any atom is 0.258 e. The smallest absolute Gasteiger partial charge is 0.258 e. The van der Waals surface area contributed by atoms with Gasteiger partial charge in [-0.05, 0) is 41.5 Å². The number of aryl methyl sites for hydroxylation is 12. The van der Waals surface area contributed by atoms with Crippen molar-refractivity contribution in [2.24, 2.45) is 115 Å². The van der Waals surface area contributed by atoms with Crippen LogP contribution in [0.25, 0.3) is 34.9 Å². The van der Waals surface area contributed by atoms with Crippen molar-refractivity contribution in [2.75, 3.05) is 76.7 Å². The largest absolute Gasteiger partial charge is 0.382 e. The third-order valence-electron chi connectivity index (χ3n) is 19.3. The summed E-state index contributed by atoms with van der Waals surface area (Å²) in [7, 11) is 19.3. The lowest BCUT2D eigenvalue weighted by molar-refractivity contribution is 0.0821. The number of rotatable bonds is 24. The van der Waals surface area contributed by atoms with Crippen LogP contribution in [0.15, 0.2) is 136 Å². The Morgan fingerprint density at radius 3 is 0.644 bits per heavy atom. The number of nitrogen functional groups attached to an aromatic ring is 6. The number of hydrogen-bond acceptors (Lipinski definition) is 42. The van der Waals surface area contributed by atoms with Gasteiger partial charge in [0.1, 0.15) is 52.4 Å². The average Bonchev–Trinajstić information content (AvgIpc) is 1.64. The van der Waals surface area contributed by atoms with E-state index in [1.165, 1.54) is 136 Å². The molecule has 0 unspecified atom stereocenters. The number of carbonyl (C=O) groups is 6. The van der Waals surface area contributed by atoms with Crippen LogP contribution in [0.1, 0.15) is 96.3 Å². The third-order valence-corrected chi connectivity index (χ3v) is 19.3. The number of hydrogen-bond donors (Lipinski definition) is 10. The van der Waals surface area contributed by atoms with E-state index in [4.69, 9.17) is 45.9 Å². The normalized spacial score (nSPS) is 11.7. The topological polar surface area (TPSA) is 781 Å². The summed E-state index contributed by atoms with van der Waals surface area (Å²) in [6.45, 7) is 10.2. The molecule has 0 aliphatic heterocycles. The number of nitrogens with zero attached hydrogens (tertiary/aromatic N) is 44. The Balaban J connectivity index is 0.000000168. The maximum absolute atomic E-state index is 12.5. The first-order valence-corrected chi connectivity index (χ1v) is 38.5. The molecule has 132 heavy (non-hydrogen) atoms. The molecule has 0 radical (unpaired) electrons. The molecule has 18 N–H and O–H groups in total. The van der Waals surface area contributed by atoms with Gasteiger partial charge in [-0.25, -0.2) is 58.0 Å². The summed E-state index contributed by atoms with van der Waals surface area (Å²) in [5.74, 6) is 1.21. The van der Waals surface area contributed by atoms with Crippen LogP contribution in [0.2, 0.25) is 0 Å². The molecule has 0 aliphatic carbocycles. The Bertz CT molecular complexity index is 6830. The molecule has 60 nitrogen and oxygen atoms in total. The molecule has 0 saturated carbocycles. The second kappa shape index (κ2) is 37.0. The van der Waals surface area contributed by atoms with E-state index < -0.39 is 11.8 Å². The van der Waals surface area contributed by atoms with Crippen LogP contribution in [-0.4, -0.2) is 235 Å². The Morgan fingerprint density at radius 2 is 0.462 bits per heavy atom. The number of nitrogens with one attached hydrogen (secondary N) is 2. The zero-order valence-electron chi connectivity index (χ0n) is 73.7. The molecular weight excluding hydrogens is 1720 g/mol. The van der Waals surface area contributed by atoms with E-state index >= 15 is 0 Å². The molecule has 60 heteroatoms. The lowest BCUT2D eigenvalue weighted by Crippen LogP contribution is -2.21. The number of anilines is 6. The minimum absolute atomic E-state index is 0.102. The van der Waals surface area contributed by atoms with Crippen molar-refractivity contribution >= 4 is 139 Å². The summed E-state index contributed by atoms with van der Waals surface area (Å²) in [5.41, 5.74) is 54.7. The fourth-order valence-corrected chi connectivity index (χ4v) is 12.3. The van der Waals surface area contributed by atoms with Crippen molar-refractivity contribution in [1.29, 1.82) is 0 Å². The molecule has 15 rings (SSSR count). The highest BCUT2D eigenvalue weighted by Crippen LogP contribution is 2.39. The number of carbonyl (C=O) groups excluding carboxylic acids is 6. The summed E-state index contributed by atoms with van der Waals surface area (Å²) < 4.78 is 16.6. The standard InChI is InChI=1S/C26H32N18O2.C24H28N18O2.C22H24N18O2/c1-13-19(33-35-23-15(10-31-41(23)7)25(45)39(3)4)21(27)43(37-13)17-9-18(30-12-29-17)44-22(28)20(14(2)38-44)34-36-24-16(11-32-42(24)8)26(46)40(5)6;1-11-17(33-35-21-13(23(43)27-3)8-31-39(21)5)19(25)41(37-11)15-7-16(30-10-29-15)42-20(26)18(12(2)38-42)34-36-22-14(24(44)28-4)9-32-40(22)6;1-9-15(31-33-21-11(19(25)41)6-29-37(21)3)17(23)39(35-9)13-5-14(28-8-27-13)40-18(24)16(10(2)36-40)32-34-22-12(20(26)42)7-30-38(22)4/h9-12H,27-28H2,1-8H3;7-10H,25-26H2,1-6H3,(H,27,43)(H,28,44);5-8H,23-24H2,1-4H3,(H2,25,41)(H2,26,42). The molecule has 0 atom stereocenters. The molecule has 0 spiro atoms. The molecular formula is C72H84N54O6. The third kappa shape index (κ3) is 17.8. The van der Waals surface area contributed by atoms with E-state index in [0.29, 0.717) is 57.4 Å². The lowest BCUT2D eigenvalue weighted by Gasteiger charge is -2.08. The van der Waals surface area contributed by atoms with E-state index in [2.05, 4.69) is 163 Å². The van der Waals surface area contributed by atoms with E-state index in [9.17, 15) is 28.8 Å². The molecule has 0 bridgehead atoms. The van der Waals surface area contributed by atoms with Gasteiger partial charge < -0.3 is 66.3 Å². The maximum atomic E-state index is 12.5. The molecule has 6 amide bonds. The molecule has 0 aliphatic rings. The number of amides is 6. The molecule has 0 aromatic carbocycles. The first kappa shape index (κ1) is 90.7. The van der Waals surface area contributed by atoms with Crippen LogP contribution >= 0.6 is 0 Å². The number of primary amides is 2. The molecule has 0 fully saturated rings. The minimum atomic E-state index is -0.698. The van der Waals surface area contributed by atoms with E-state index in [0.717, 1.165) is 0 Å². The second-order valence-electron chi connectivity index (χ2n) is 28.6. The van der Waals surface area contributed by atoms with Crippen molar-refractivity contribution in [3.05, 3.63) is 142 Å². The highest BCUT2D eigenvalue weighted by Gasteiger charge is 2.28. The first-order valence-electron chi connectivity index (χ1n) is 38.5. The van der Waals surface area contributed by atoms with Gasteiger partial charge in [0, 0.05) is 103 Å². The Labute approximate surface area is 743 Å². The SMILES string of the molecule is CNC(=O)c1cnn(C)c1N=Nc1c(C)nn(-c2cc(-n3nc(C)c(N=Nc4c(C(=O)NC)cnn4C)c3N)ncn2)c1N.Cc1nn(-c2cc(-n3nc(C)c(N=Nc4c(C(=O)N(C)C)cnn4C)c3N)ncn2)c(N)c1N=Nc1c(C(=O)N(C)C)cnn1C.Cc1nn(-c2cc(-n3nc(C)c(N=Nc4c(C(N)=O)cnn4C)c3N)ncn2)c(N)c1N=Nc1c(C(N)=O)cnn1C. The minimum Gasteiger partial charge on any atom is -0.382 e. The summed E-state index contributed by atoms with van der Waals surface area (Å²) in [5, 5.41) is 107. The summed E-state index contributed by atoms with van der Waals surface area (Å²) in [4.78, 5) is 101. The van der Waals surface area contributed by atoms with Gasteiger partial charge in [0.15, 0.2) is 139 Å². The number of azo groups is 6. The molecule has 15 aromatic heterocycles. The fourth-order valence-electron chi connectivity index (χ4n) is 12.3. The Kier molecular flexibility index (Phi) is 25.4. The van der Waals surface area contributed by atoms with Gasteiger partial charge in [0.25, 0.3) is 35.4 Å². The Hall–Kier alpha value is -19.0. The van der Waals surface area contributed by atoms with Crippen molar-refractivity contribution in [3.63, 3.8) is 0 Å². The predicted molar refractivity (Wildman–Crippen MR) is 468 cm³/mol. The van der Waals surface area contributed by atoms with Gasteiger partial charge in [0.05, 0.1) is 71.3 Å². The van der Waals surface area contributed by atoms with Crippen LogP contribution in [0.5, 0.6) is 0 Å². The number of nitrogens with two attached hydrogens (primary N) is 8. The van der Waals surface area contributed by atoms with E-state index in [-0.39, 0.29) is 173 Å². The molecule has 15 heterocycles. The van der Waals surface area contributed by atoms with Crippen LogP contribution in [0, 0.1) is 41.5 Å².